The van der Waals surface area contributed by atoms with Gasteiger partial charge in [-0.1, -0.05) is 18.7 Å². The van der Waals surface area contributed by atoms with E-state index in [4.69, 9.17) is 0 Å². The summed E-state index contributed by atoms with van der Waals surface area (Å²) in [4.78, 5) is 2.03. The van der Waals surface area contributed by atoms with Crippen LogP contribution in [0, 0.1) is 5.92 Å². The van der Waals surface area contributed by atoms with Crippen molar-refractivity contribution in [3.8, 4) is 0 Å². The predicted octanol–water partition coefficient (Wildman–Crippen LogP) is 0.104. The van der Waals surface area contributed by atoms with E-state index in [0.717, 1.165) is 19.5 Å². The third kappa shape index (κ3) is 4.28. The molecular weight excluding hydrogens is 241 g/mol. The summed E-state index contributed by atoms with van der Waals surface area (Å²) in [5, 5.41) is 0. The molecule has 88 valence electrons. The van der Waals surface area contributed by atoms with Crippen molar-refractivity contribution in [3.63, 3.8) is 0 Å². The van der Waals surface area contributed by atoms with Gasteiger partial charge in [0.15, 0.2) is 0 Å². The van der Waals surface area contributed by atoms with E-state index in [-0.39, 0.29) is 57.9 Å². The van der Waals surface area contributed by atoms with Crippen LogP contribution in [0.4, 0.5) is 12.9 Å². The van der Waals surface area contributed by atoms with Gasteiger partial charge in [0, 0.05) is 6.54 Å². The topological polar surface area (TPSA) is 3.24 Å². The second kappa shape index (κ2) is 6.57. The van der Waals surface area contributed by atoms with Crippen LogP contribution in [0.15, 0.2) is 0 Å². The van der Waals surface area contributed by atoms with Crippen LogP contribution >= 0.6 is 0 Å². The Labute approximate surface area is 138 Å². The molecule has 2 rings (SSSR count). The third-order valence-electron chi connectivity index (χ3n) is 3.82. The minimum Gasteiger partial charge on any atom is -0.449 e. The molecular formula is C10H18BF3KN. The summed E-state index contributed by atoms with van der Waals surface area (Å²) >= 11 is 0. The van der Waals surface area contributed by atoms with Crippen molar-refractivity contribution >= 4 is 6.98 Å². The number of likely N-dealkylation sites (tertiary alicyclic amines) is 1. The maximum Gasteiger partial charge on any atom is 1.00 e. The van der Waals surface area contributed by atoms with E-state index in [0.29, 0.717) is 12.3 Å². The van der Waals surface area contributed by atoms with E-state index in [1.165, 1.54) is 19.3 Å². The molecule has 6 heteroatoms. The molecule has 1 unspecified atom stereocenters. The van der Waals surface area contributed by atoms with Gasteiger partial charge in [-0.15, -0.1) is 0 Å². The van der Waals surface area contributed by atoms with Crippen LogP contribution in [0.2, 0.25) is 5.82 Å². The number of nitrogens with zero attached hydrogens (tertiary/aromatic N) is 1. The number of piperidine rings is 1. The standard InChI is InChI=1S/C10H18BF3N.K/c12-11(13,14)10-5-2-6-15(8-10)7-9-3-1-4-9;/h9-10H,1-8H2;/q-1;+1. The second-order valence-corrected chi connectivity index (χ2v) is 5.08. The predicted molar refractivity (Wildman–Crippen MR) is 55.8 cm³/mol. The Morgan fingerprint density at radius 1 is 1.06 bits per heavy atom. The smallest absolute Gasteiger partial charge is 0.449 e. The Morgan fingerprint density at radius 2 is 1.75 bits per heavy atom. The van der Waals surface area contributed by atoms with Crippen LogP contribution in [0.1, 0.15) is 32.1 Å². The van der Waals surface area contributed by atoms with Crippen LogP contribution in [0.25, 0.3) is 0 Å². The van der Waals surface area contributed by atoms with E-state index in [1.54, 1.807) is 0 Å². The Morgan fingerprint density at radius 3 is 2.25 bits per heavy atom. The van der Waals surface area contributed by atoms with Crippen LogP contribution in [-0.4, -0.2) is 31.5 Å². The average Bonchev–Trinajstić information content (AvgIpc) is 2.11. The molecule has 0 aromatic rings. The summed E-state index contributed by atoms with van der Waals surface area (Å²) in [6, 6.07) is 0. The molecule has 0 aromatic heterocycles. The fraction of sp³-hybridized carbons (Fsp3) is 1.00. The monoisotopic (exact) mass is 259 g/mol. The van der Waals surface area contributed by atoms with Gasteiger partial charge in [0.25, 0.3) is 0 Å². The van der Waals surface area contributed by atoms with Crippen LogP contribution in [-0.2, 0) is 0 Å². The average molecular weight is 259 g/mol. The minimum atomic E-state index is -4.62. The zero-order chi connectivity index (χ0) is 10.9. The molecule has 0 N–H and O–H groups in total. The van der Waals surface area contributed by atoms with Crippen molar-refractivity contribution in [3.05, 3.63) is 0 Å². The van der Waals surface area contributed by atoms with E-state index in [9.17, 15) is 12.9 Å². The van der Waals surface area contributed by atoms with E-state index in [1.807, 2.05) is 4.90 Å². The third-order valence-corrected chi connectivity index (χ3v) is 3.82. The molecule has 1 heterocycles. The molecule has 2 aliphatic rings. The van der Waals surface area contributed by atoms with Gasteiger partial charge in [-0.05, 0) is 38.3 Å². The summed E-state index contributed by atoms with van der Waals surface area (Å²) < 4.78 is 37.8. The van der Waals surface area contributed by atoms with Gasteiger partial charge in [-0.3, -0.25) is 0 Å². The number of hydrogen-bond donors (Lipinski definition) is 0. The van der Waals surface area contributed by atoms with Crippen molar-refractivity contribution in [2.24, 2.45) is 5.92 Å². The first-order valence-electron chi connectivity index (χ1n) is 5.98. The van der Waals surface area contributed by atoms with Gasteiger partial charge in [-0.2, -0.15) is 0 Å². The van der Waals surface area contributed by atoms with E-state index in [2.05, 4.69) is 0 Å². The van der Waals surface area contributed by atoms with Crippen molar-refractivity contribution in [2.45, 2.75) is 37.9 Å². The van der Waals surface area contributed by atoms with Crippen LogP contribution in [0.5, 0.6) is 0 Å². The minimum absolute atomic E-state index is 0. The largest absolute Gasteiger partial charge is 1.00 e. The van der Waals surface area contributed by atoms with E-state index >= 15 is 0 Å². The molecule has 1 atom stereocenters. The maximum absolute atomic E-state index is 12.6. The second-order valence-electron chi connectivity index (χ2n) is 5.08. The Hall–Kier alpha value is 1.45. The molecule has 1 aliphatic heterocycles. The molecule has 0 amide bonds. The summed E-state index contributed by atoms with van der Waals surface area (Å²) in [6.45, 7) is -2.57. The first kappa shape index (κ1) is 15.5. The Kier molecular flexibility index (Phi) is 6.37. The first-order chi connectivity index (χ1) is 7.05. The Balaban J connectivity index is 0.00000128. The van der Waals surface area contributed by atoms with Gasteiger partial charge in [0.2, 0.25) is 0 Å². The first-order valence-corrected chi connectivity index (χ1v) is 5.98. The summed E-state index contributed by atoms with van der Waals surface area (Å²) in [6.07, 6.45) is 4.78. The zero-order valence-electron chi connectivity index (χ0n) is 9.97. The number of rotatable bonds is 3. The molecule has 1 saturated heterocycles. The van der Waals surface area contributed by atoms with Gasteiger partial charge in [0.1, 0.15) is 0 Å². The molecule has 0 aromatic carbocycles. The molecule has 0 radical (unpaired) electrons. The van der Waals surface area contributed by atoms with Crippen molar-refractivity contribution in [1.29, 1.82) is 0 Å². The fourth-order valence-electron chi connectivity index (χ4n) is 2.61. The maximum atomic E-state index is 12.6. The summed E-state index contributed by atoms with van der Waals surface area (Å²) in [7, 11) is 0. The molecule has 1 nitrogen and oxygen atoms in total. The van der Waals surface area contributed by atoms with Crippen molar-refractivity contribution in [2.75, 3.05) is 19.6 Å². The molecule has 0 spiro atoms. The molecule has 16 heavy (non-hydrogen) atoms. The Bertz CT molecular complexity index is 221. The fourth-order valence-corrected chi connectivity index (χ4v) is 2.61. The molecule has 0 bridgehead atoms. The van der Waals surface area contributed by atoms with Crippen molar-refractivity contribution in [1.82, 2.24) is 4.90 Å². The van der Waals surface area contributed by atoms with Crippen LogP contribution < -0.4 is 51.4 Å². The molecule has 1 aliphatic carbocycles. The van der Waals surface area contributed by atoms with Gasteiger partial charge >= 0.3 is 58.4 Å². The normalized spacial score (nSPS) is 28.3. The summed E-state index contributed by atoms with van der Waals surface area (Å²) in [5.74, 6) is -0.330. The summed E-state index contributed by atoms with van der Waals surface area (Å²) in [5.41, 5.74) is 0. The molecule has 1 saturated carbocycles. The molecule has 2 fully saturated rings. The number of halogens is 3. The quantitative estimate of drug-likeness (QED) is 0.650. The van der Waals surface area contributed by atoms with Gasteiger partial charge in [0.05, 0.1) is 0 Å². The van der Waals surface area contributed by atoms with Crippen molar-refractivity contribution < 1.29 is 64.3 Å². The zero-order valence-corrected chi connectivity index (χ0v) is 13.1. The van der Waals surface area contributed by atoms with Crippen LogP contribution in [0.3, 0.4) is 0 Å². The van der Waals surface area contributed by atoms with Gasteiger partial charge in [-0.25, -0.2) is 0 Å². The van der Waals surface area contributed by atoms with E-state index < -0.39 is 12.8 Å². The van der Waals surface area contributed by atoms with Gasteiger partial charge < -0.3 is 17.8 Å². The number of hydrogen-bond acceptors (Lipinski definition) is 1. The SMILES string of the molecule is F[B-](F)(F)C1CCCN(CC2CCC2)C1.[K+].